The van der Waals surface area contributed by atoms with Crippen molar-refractivity contribution < 1.29 is 14.3 Å². The van der Waals surface area contributed by atoms with Crippen LogP contribution in [0.25, 0.3) is 5.69 Å². The number of methoxy groups -OCH3 is 2. The van der Waals surface area contributed by atoms with Gasteiger partial charge in [0.2, 0.25) is 5.91 Å². The minimum Gasteiger partial charge on any atom is -0.497 e. The molecule has 0 N–H and O–H groups in total. The van der Waals surface area contributed by atoms with Gasteiger partial charge in [0.1, 0.15) is 11.5 Å². The predicted molar refractivity (Wildman–Crippen MR) is 113 cm³/mol. The van der Waals surface area contributed by atoms with Crippen LogP contribution >= 0.6 is 0 Å². The number of carbonyl (C=O) groups is 1. The molecule has 30 heavy (non-hydrogen) atoms. The predicted octanol–water partition coefficient (Wildman–Crippen LogP) is 3.72. The van der Waals surface area contributed by atoms with E-state index in [4.69, 9.17) is 9.47 Å². The van der Waals surface area contributed by atoms with E-state index in [0.29, 0.717) is 6.42 Å². The quantitative estimate of drug-likeness (QED) is 0.652. The minimum absolute atomic E-state index is 0.105. The third-order valence-corrected chi connectivity index (χ3v) is 6.33. The molecule has 2 atom stereocenters. The molecule has 6 heteroatoms. The lowest BCUT2D eigenvalue weighted by Gasteiger charge is -2.35. The van der Waals surface area contributed by atoms with Crippen LogP contribution in [-0.2, 0) is 17.6 Å². The molecule has 1 aromatic heterocycles. The van der Waals surface area contributed by atoms with Gasteiger partial charge in [-0.15, -0.1) is 0 Å². The highest BCUT2D eigenvalue weighted by Gasteiger charge is 2.44. The van der Waals surface area contributed by atoms with Gasteiger partial charge in [-0.25, -0.2) is 4.68 Å². The number of nitrogens with zero attached hydrogens (tertiary/aromatic N) is 3. The Morgan fingerprint density at radius 3 is 2.63 bits per heavy atom. The Labute approximate surface area is 176 Å². The summed E-state index contributed by atoms with van der Waals surface area (Å²) >= 11 is 0. The molecule has 0 saturated carbocycles. The number of ether oxygens (including phenoxy) is 2. The van der Waals surface area contributed by atoms with Gasteiger partial charge < -0.3 is 14.4 Å². The fourth-order valence-electron chi connectivity index (χ4n) is 4.91. The second-order valence-electron chi connectivity index (χ2n) is 7.90. The highest BCUT2D eigenvalue weighted by Crippen LogP contribution is 2.44. The van der Waals surface area contributed by atoms with Crippen molar-refractivity contribution in [3.8, 4) is 17.2 Å². The first-order valence-corrected chi connectivity index (χ1v) is 10.3. The second kappa shape index (κ2) is 7.52. The number of rotatable bonds is 5. The van der Waals surface area contributed by atoms with Gasteiger partial charge in [-0.2, -0.15) is 5.10 Å². The van der Waals surface area contributed by atoms with E-state index in [9.17, 15) is 4.79 Å². The summed E-state index contributed by atoms with van der Waals surface area (Å²) in [6.45, 7) is 0. The first-order chi connectivity index (χ1) is 14.7. The Morgan fingerprint density at radius 1 is 1.07 bits per heavy atom. The zero-order valence-electron chi connectivity index (χ0n) is 17.2. The van der Waals surface area contributed by atoms with Gasteiger partial charge >= 0.3 is 0 Å². The zero-order chi connectivity index (χ0) is 20.7. The van der Waals surface area contributed by atoms with Crippen LogP contribution in [0.15, 0.2) is 54.7 Å². The molecule has 2 aliphatic rings. The minimum atomic E-state index is 0.105. The third-order valence-electron chi connectivity index (χ3n) is 6.33. The molecule has 1 fully saturated rings. The molecular formula is C24H25N3O3. The summed E-state index contributed by atoms with van der Waals surface area (Å²) in [5, 5.41) is 4.67. The van der Waals surface area contributed by atoms with Gasteiger partial charge in [0, 0.05) is 23.6 Å². The van der Waals surface area contributed by atoms with Gasteiger partial charge in [-0.3, -0.25) is 4.79 Å². The Kier molecular flexibility index (Phi) is 4.69. The first-order valence-electron chi connectivity index (χ1n) is 10.3. The van der Waals surface area contributed by atoms with Gasteiger partial charge in [0.05, 0.1) is 44.3 Å². The Bertz CT molecular complexity index is 1070. The maximum atomic E-state index is 13.3. The lowest BCUT2D eigenvalue weighted by molar-refractivity contribution is -0.134. The van der Waals surface area contributed by atoms with Crippen LogP contribution in [0.5, 0.6) is 11.5 Å². The molecular weight excluding hydrogens is 378 g/mol. The van der Waals surface area contributed by atoms with Crippen LogP contribution in [0.2, 0.25) is 0 Å². The van der Waals surface area contributed by atoms with E-state index in [-0.39, 0.29) is 18.0 Å². The van der Waals surface area contributed by atoms with Crippen LogP contribution in [0.4, 0.5) is 0 Å². The van der Waals surface area contributed by atoms with Crippen molar-refractivity contribution in [2.45, 2.75) is 37.8 Å². The maximum Gasteiger partial charge on any atom is 0.227 e. The molecule has 6 nitrogen and oxygen atoms in total. The molecule has 0 radical (unpaired) electrons. The summed E-state index contributed by atoms with van der Waals surface area (Å²) < 4.78 is 12.7. The van der Waals surface area contributed by atoms with Crippen LogP contribution in [0.1, 0.15) is 35.7 Å². The van der Waals surface area contributed by atoms with Gasteiger partial charge in [-0.1, -0.05) is 18.2 Å². The maximum absolute atomic E-state index is 13.3. The molecule has 0 aliphatic carbocycles. The molecule has 0 spiro atoms. The smallest absolute Gasteiger partial charge is 0.227 e. The molecule has 3 heterocycles. The van der Waals surface area contributed by atoms with Gasteiger partial charge in [0.25, 0.3) is 0 Å². The molecule has 2 aromatic carbocycles. The summed E-state index contributed by atoms with van der Waals surface area (Å²) in [5.74, 6) is 1.76. The number of hydrogen-bond acceptors (Lipinski definition) is 4. The monoisotopic (exact) mass is 403 g/mol. The summed E-state index contributed by atoms with van der Waals surface area (Å²) in [5.41, 5.74) is 4.34. The average Bonchev–Trinajstić information content (AvgIpc) is 3.35. The second-order valence-corrected chi connectivity index (χ2v) is 7.90. The Morgan fingerprint density at radius 2 is 1.87 bits per heavy atom. The average molecular weight is 403 g/mol. The fraction of sp³-hybridized carbons (Fsp3) is 0.333. The third kappa shape index (κ3) is 3.03. The highest BCUT2D eigenvalue weighted by atomic mass is 16.5. The van der Waals surface area contributed by atoms with Crippen LogP contribution < -0.4 is 9.47 Å². The van der Waals surface area contributed by atoms with E-state index in [1.165, 1.54) is 11.3 Å². The van der Waals surface area contributed by atoms with E-state index in [2.05, 4.69) is 10.00 Å². The van der Waals surface area contributed by atoms with Crippen molar-refractivity contribution in [1.29, 1.82) is 0 Å². The standard InChI is InChI=1S/C24H25N3O3/c1-29-19-10-7-17(8-11-19)27-22-14-18-9-12-21(20(22)15-25-27)26(18)24(28)13-16-5-3-4-6-23(16)30-2/h3-8,10-11,15,18,21H,9,12-14H2,1-2H3. The van der Waals surface area contributed by atoms with E-state index in [0.717, 1.165) is 42.0 Å². The molecule has 2 bridgehead atoms. The van der Waals surface area contributed by atoms with Crippen LogP contribution in [0, 0.1) is 0 Å². The summed E-state index contributed by atoms with van der Waals surface area (Å²) in [4.78, 5) is 15.4. The van der Waals surface area contributed by atoms with Gasteiger partial charge in [-0.05, 0) is 43.2 Å². The van der Waals surface area contributed by atoms with Crippen LogP contribution in [-0.4, -0.2) is 40.8 Å². The fourth-order valence-corrected chi connectivity index (χ4v) is 4.91. The molecule has 3 aromatic rings. The number of amides is 1. The molecule has 1 saturated heterocycles. The topological polar surface area (TPSA) is 56.6 Å². The number of para-hydroxylation sites is 1. The van der Waals surface area contributed by atoms with E-state index < -0.39 is 0 Å². The SMILES string of the molecule is COc1ccc(-n2ncc3c2CC2CCC3N2C(=O)Cc2ccccc2OC)cc1. The molecule has 5 rings (SSSR count). The van der Waals surface area contributed by atoms with Gasteiger partial charge in [0.15, 0.2) is 0 Å². The number of carbonyl (C=O) groups excluding carboxylic acids is 1. The zero-order valence-corrected chi connectivity index (χ0v) is 17.2. The Hall–Kier alpha value is -3.28. The summed E-state index contributed by atoms with van der Waals surface area (Å²) in [6.07, 6.45) is 5.15. The summed E-state index contributed by atoms with van der Waals surface area (Å²) in [7, 11) is 3.31. The first kappa shape index (κ1) is 18.7. The lowest BCUT2D eigenvalue weighted by Crippen LogP contribution is -2.42. The van der Waals surface area contributed by atoms with Crippen molar-refractivity contribution in [2.24, 2.45) is 0 Å². The molecule has 2 unspecified atom stereocenters. The van der Waals surface area contributed by atoms with Crippen molar-refractivity contribution >= 4 is 5.91 Å². The van der Waals surface area contributed by atoms with E-state index in [1.807, 2.05) is 59.4 Å². The summed E-state index contributed by atoms with van der Waals surface area (Å²) in [6, 6.07) is 16.0. The van der Waals surface area contributed by atoms with E-state index >= 15 is 0 Å². The Balaban J connectivity index is 1.42. The van der Waals surface area contributed by atoms with E-state index in [1.54, 1.807) is 14.2 Å². The molecule has 1 amide bonds. The number of fused-ring (bicyclic) bond motifs is 4. The van der Waals surface area contributed by atoms with Crippen molar-refractivity contribution in [3.63, 3.8) is 0 Å². The van der Waals surface area contributed by atoms with Crippen molar-refractivity contribution in [2.75, 3.05) is 14.2 Å². The number of hydrogen-bond donors (Lipinski definition) is 0. The molecule has 154 valence electrons. The molecule has 2 aliphatic heterocycles. The largest absolute Gasteiger partial charge is 0.497 e. The number of aromatic nitrogens is 2. The number of benzene rings is 2. The lowest BCUT2D eigenvalue weighted by atomic mass is 9.98. The highest BCUT2D eigenvalue weighted by molar-refractivity contribution is 5.81. The van der Waals surface area contributed by atoms with Crippen LogP contribution in [0.3, 0.4) is 0 Å². The van der Waals surface area contributed by atoms with Crippen molar-refractivity contribution in [1.82, 2.24) is 14.7 Å². The normalized spacial score (nSPS) is 19.5. The van der Waals surface area contributed by atoms with Crippen molar-refractivity contribution in [3.05, 3.63) is 71.5 Å².